The Labute approximate surface area is 125 Å². The summed E-state index contributed by atoms with van der Waals surface area (Å²) in [5.74, 6) is 0.766. The number of rotatable bonds is 2. The highest BCUT2D eigenvalue weighted by molar-refractivity contribution is 5.72. The van der Waals surface area contributed by atoms with Gasteiger partial charge >= 0.3 is 6.09 Å². The zero-order valence-electron chi connectivity index (χ0n) is 13.1. The molecule has 1 aromatic rings. The summed E-state index contributed by atoms with van der Waals surface area (Å²) in [6.07, 6.45) is 0.688. The second kappa shape index (κ2) is 4.86. The van der Waals surface area contributed by atoms with Crippen LogP contribution < -0.4 is 4.90 Å². The predicted molar refractivity (Wildman–Crippen MR) is 79.5 cm³/mol. The molecule has 1 atom stereocenters. The van der Waals surface area contributed by atoms with Crippen LogP contribution in [-0.2, 0) is 4.74 Å². The van der Waals surface area contributed by atoms with Gasteiger partial charge in [0.05, 0.1) is 5.54 Å². The van der Waals surface area contributed by atoms with E-state index in [1.807, 2.05) is 25.7 Å². The van der Waals surface area contributed by atoms with Gasteiger partial charge in [-0.1, -0.05) is 6.92 Å². The van der Waals surface area contributed by atoms with Crippen molar-refractivity contribution in [1.82, 2.24) is 14.9 Å². The molecule has 0 radical (unpaired) electrons. The monoisotopic (exact) mass is 290 g/mol. The number of piperazine rings is 1. The summed E-state index contributed by atoms with van der Waals surface area (Å²) < 4.78 is 5.26. The summed E-state index contributed by atoms with van der Waals surface area (Å²) in [5.41, 5.74) is 2.95. The van der Waals surface area contributed by atoms with Gasteiger partial charge in [-0.2, -0.15) is 0 Å². The molecule has 1 unspecified atom stereocenters. The summed E-state index contributed by atoms with van der Waals surface area (Å²) >= 11 is 0. The smallest absolute Gasteiger partial charge is 0.410 e. The van der Waals surface area contributed by atoms with Crippen molar-refractivity contribution < 1.29 is 9.53 Å². The Hall–Kier alpha value is -1.85. The van der Waals surface area contributed by atoms with Crippen molar-refractivity contribution in [3.63, 3.8) is 0 Å². The molecule has 3 rings (SSSR count). The molecule has 1 amide bonds. The van der Waals surface area contributed by atoms with Crippen LogP contribution in [-0.4, -0.2) is 52.7 Å². The predicted octanol–water partition coefficient (Wildman–Crippen LogP) is 1.82. The molecule has 2 aliphatic rings. The minimum absolute atomic E-state index is 0.186. The molecule has 3 heterocycles. The molecule has 0 bridgehead atoms. The molecular formula is C15H22N4O2. The van der Waals surface area contributed by atoms with Crippen LogP contribution in [0.25, 0.3) is 0 Å². The molecule has 0 saturated carbocycles. The van der Waals surface area contributed by atoms with E-state index in [1.54, 1.807) is 0 Å². The van der Waals surface area contributed by atoms with E-state index in [-0.39, 0.29) is 11.6 Å². The molecular weight excluding hydrogens is 268 g/mol. The Morgan fingerprint density at radius 2 is 1.86 bits per heavy atom. The number of cyclic esters (lactones) is 1. The van der Waals surface area contributed by atoms with Crippen LogP contribution in [0, 0.1) is 20.8 Å². The molecule has 0 aliphatic carbocycles. The van der Waals surface area contributed by atoms with E-state index in [9.17, 15) is 4.79 Å². The molecule has 2 fully saturated rings. The molecule has 1 aromatic heterocycles. The molecule has 2 saturated heterocycles. The molecule has 6 nitrogen and oxygen atoms in total. The summed E-state index contributed by atoms with van der Waals surface area (Å²) in [6, 6.07) is 0. The third kappa shape index (κ3) is 2.13. The first-order valence-corrected chi connectivity index (χ1v) is 7.48. The van der Waals surface area contributed by atoms with Crippen LogP contribution in [0.15, 0.2) is 0 Å². The fraction of sp³-hybridized carbons (Fsp3) is 0.667. The lowest BCUT2D eigenvalue weighted by Gasteiger charge is -2.44. The van der Waals surface area contributed by atoms with Gasteiger partial charge in [-0.05, 0) is 32.8 Å². The molecule has 0 aromatic carbocycles. The van der Waals surface area contributed by atoms with E-state index in [2.05, 4.69) is 21.8 Å². The first-order valence-electron chi connectivity index (χ1n) is 7.48. The van der Waals surface area contributed by atoms with Crippen LogP contribution >= 0.6 is 0 Å². The fourth-order valence-electron chi connectivity index (χ4n) is 3.13. The summed E-state index contributed by atoms with van der Waals surface area (Å²) in [7, 11) is 0. The summed E-state index contributed by atoms with van der Waals surface area (Å²) in [4.78, 5) is 25.1. The largest absolute Gasteiger partial charge is 0.447 e. The van der Waals surface area contributed by atoms with Gasteiger partial charge in [-0.25, -0.2) is 14.8 Å². The zero-order valence-corrected chi connectivity index (χ0v) is 13.1. The third-order valence-corrected chi connectivity index (χ3v) is 4.90. The number of amides is 1. The van der Waals surface area contributed by atoms with E-state index in [0.717, 1.165) is 42.4 Å². The minimum Gasteiger partial charge on any atom is -0.447 e. The summed E-state index contributed by atoms with van der Waals surface area (Å²) in [5, 5.41) is 0. The van der Waals surface area contributed by atoms with E-state index in [0.29, 0.717) is 13.2 Å². The van der Waals surface area contributed by atoms with Crippen LogP contribution in [0.1, 0.15) is 30.3 Å². The van der Waals surface area contributed by atoms with E-state index in [4.69, 9.17) is 4.74 Å². The second-order valence-electron chi connectivity index (χ2n) is 6.03. The van der Waals surface area contributed by atoms with Crippen molar-refractivity contribution in [3.8, 4) is 0 Å². The van der Waals surface area contributed by atoms with Gasteiger partial charge in [0.2, 0.25) is 5.95 Å². The Morgan fingerprint density at radius 1 is 1.19 bits per heavy atom. The first-order chi connectivity index (χ1) is 9.97. The van der Waals surface area contributed by atoms with Crippen molar-refractivity contribution in [3.05, 3.63) is 17.0 Å². The quantitative estimate of drug-likeness (QED) is 0.831. The van der Waals surface area contributed by atoms with Crippen LogP contribution in [0.4, 0.5) is 10.7 Å². The molecule has 0 N–H and O–H groups in total. The van der Waals surface area contributed by atoms with Crippen LogP contribution in [0.5, 0.6) is 0 Å². The van der Waals surface area contributed by atoms with Gasteiger partial charge in [-0.15, -0.1) is 0 Å². The average Bonchev–Trinajstić information content (AvgIpc) is 2.81. The highest BCUT2D eigenvalue weighted by Gasteiger charge is 2.50. The number of anilines is 1. The Morgan fingerprint density at radius 3 is 2.48 bits per heavy atom. The maximum absolute atomic E-state index is 11.8. The van der Waals surface area contributed by atoms with E-state index >= 15 is 0 Å². The minimum atomic E-state index is -0.231. The molecule has 0 spiro atoms. The van der Waals surface area contributed by atoms with Crippen molar-refractivity contribution >= 4 is 12.0 Å². The van der Waals surface area contributed by atoms with E-state index < -0.39 is 0 Å². The van der Waals surface area contributed by atoms with Crippen molar-refractivity contribution in [2.45, 2.75) is 39.7 Å². The van der Waals surface area contributed by atoms with Crippen molar-refractivity contribution in [1.29, 1.82) is 0 Å². The lowest BCUT2D eigenvalue weighted by molar-refractivity contribution is 0.137. The highest BCUT2D eigenvalue weighted by atomic mass is 16.6. The molecule has 2 aliphatic heterocycles. The van der Waals surface area contributed by atoms with Gasteiger partial charge in [-0.3, -0.25) is 4.90 Å². The molecule has 114 valence electrons. The normalized spacial score (nSPS) is 25.0. The number of carbonyl (C=O) groups excluding carboxylic acids is 1. The Balaban J connectivity index is 1.90. The lowest BCUT2D eigenvalue weighted by Crippen LogP contribution is -2.61. The molecule has 6 heteroatoms. The number of aryl methyl sites for hydroxylation is 2. The molecule has 21 heavy (non-hydrogen) atoms. The SMILES string of the molecule is CCC12COC(=O)N1CCN(c1nc(C)c(C)c(C)n1)C2. The first kappa shape index (κ1) is 14.1. The van der Waals surface area contributed by atoms with Gasteiger partial charge in [0.25, 0.3) is 0 Å². The number of fused-ring (bicyclic) bond motifs is 1. The lowest BCUT2D eigenvalue weighted by atomic mass is 9.93. The Bertz CT molecular complexity index is 566. The number of ether oxygens (including phenoxy) is 1. The van der Waals surface area contributed by atoms with Gasteiger partial charge < -0.3 is 9.64 Å². The van der Waals surface area contributed by atoms with Crippen LogP contribution in [0.2, 0.25) is 0 Å². The average molecular weight is 290 g/mol. The standard InChI is InChI=1S/C15H22N4O2/c1-5-15-8-18(6-7-19(15)14(20)21-9-15)13-16-11(3)10(2)12(4)17-13/h5-9H2,1-4H3. The topological polar surface area (TPSA) is 58.6 Å². The number of carbonyl (C=O) groups is 1. The number of aromatic nitrogens is 2. The second-order valence-corrected chi connectivity index (χ2v) is 6.03. The van der Waals surface area contributed by atoms with Gasteiger partial charge in [0, 0.05) is 31.0 Å². The van der Waals surface area contributed by atoms with Crippen molar-refractivity contribution in [2.75, 3.05) is 31.1 Å². The van der Waals surface area contributed by atoms with Gasteiger partial charge in [0.1, 0.15) is 6.61 Å². The third-order valence-electron chi connectivity index (χ3n) is 4.90. The van der Waals surface area contributed by atoms with Gasteiger partial charge in [0.15, 0.2) is 0 Å². The summed E-state index contributed by atoms with van der Waals surface area (Å²) in [6.45, 7) is 10.8. The number of hydrogen-bond donors (Lipinski definition) is 0. The fourth-order valence-corrected chi connectivity index (χ4v) is 3.13. The van der Waals surface area contributed by atoms with E-state index in [1.165, 1.54) is 0 Å². The number of nitrogens with zero attached hydrogens (tertiary/aromatic N) is 4. The zero-order chi connectivity index (χ0) is 15.2. The van der Waals surface area contributed by atoms with Crippen molar-refractivity contribution in [2.24, 2.45) is 0 Å². The Kier molecular flexibility index (Phi) is 3.26. The maximum atomic E-state index is 11.8. The number of hydrogen-bond acceptors (Lipinski definition) is 5. The maximum Gasteiger partial charge on any atom is 0.410 e. The van der Waals surface area contributed by atoms with Crippen LogP contribution in [0.3, 0.4) is 0 Å². The highest BCUT2D eigenvalue weighted by Crippen LogP contribution is 2.33.